The van der Waals surface area contributed by atoms with Gasteiger partial charge in [0, 0.05) is 6.61 Å². The number of piperazine rings is 1. The van der Waals surface area contributed by atoms with Crippen molar-refractivity contribution in [1.82, 2.24) is 10.2 Å². The van der Waals surface area contributed by atoms with Crippen molar-refractivity contribution in [3.63, 3.8) is 0 Å². The second-order valence-corrected chi connectivity index (χ2v) is 5.69. The van der Waals surface area contributed by atoms with Crippen molar-refractivity contribution in [2.45, 2.75) is 58.2 Å². The molecule has 0 bridgehead atoms. The summed E-state index contributed by atoms with van der Waals surface area (Å²) < 4.78 is 5.65. The van der Waals surface area contributed by atoms with Crippen molar-refractivity contribution in [3.05, 3.63) is 0 Å². The Bertz CT molecular complexity index is 353. The van der Waals surface area contributed by atoms with Gasteiger partial charge in [-0.1, -0.05) is 20.3 Å². The Kier molecular flexibility index (Phi) is 4.45. The highest BCUT2D eigenvalue weighted by atomic mass is 16.5. The van der Waals surface area contributed by atoms with Crippen molar-refractivity contribution in [3.8, 4) is 0 Å². The zero-order valence-corrected chi connectivity index (χ0v) is 12.0. The van der Waals surface area contributed by atoms with Gasteiger partial charge in [0.25, 0.3) is 0 Å². The van der Waals surface area contributed by atoms with E-state index in [4.69, 9.17) is 4.74 Å². The first kappa shape index (κ1) is 14.3. The van der Waals surface area contributed by atoms with Gasteiger partial charge in [0.2, 0.25) is 11.8 Å². The molecule has 2 heterocycles. The van der Waals surface area contributed by atoms with Gasteiger partial charge in [-0.3, -0.25) is 9.59 Å². The Labute approximate surface area is 114 Å². The zero-order valence-electron chi connectivity index (χ0n) is 12.0. The van der Waals surface area contributed by atoms with E-state index < -0.39 is 0 Å². The third-order valence-electron chi connectivity index (χ3n) is 4.39. The molecule has 2 aliphatic heterocycles. The molecule has 0 aromatic heterocycles. The fraction of sp³-hybridized carbons (Fsp3) is 0.857. The molecule has 4 atom stereocenters. The van der Waals surface area contributed by atoms with E-state index in [0.29, 0.717) is 0 Å². The summed E-state index contributed by atoms with van der Waals surface area (Å²) in [4.78, 5) is 26.0. The molecular weight excluding hydrogens is 244 g/mol. The summed E-state index contributed by atoms with van der Waals surface area (Å²) in [7, 11) is 0. The first-order valence-corrected chi connectivity index (χ1v) is 7.26. The van der Waals surface area contributed by atoms with Crippen LogP contribution in [0.15, 0.2) is 0 Å². The average Bonchev–Trinajstić information content (AvgIpc) is 2.93. The SMILES string of the molecule is CCC(C)C1NC(=O)CN(C(C)C2CCCO2)C1=O. The van der Waals surface area contributed by atoms with Crippen molar-refractivity contribution >= 4 is 11.8 Å². The monoisotopic (exact) mass is 268 g/mol. The minimum Gasteiger partial charge on any atom is -0.376 e. The topological polar surface area (TPSA) is 58.6 Å². The first-order chi connectivity index (χ1) is 9.04. The maximum atomic E-state index is 12.5. The van der Waals surface area contributed by atoms with Crippen LogP contribution in [0.4, 0.5) is 0 Å². The normalized spacial score (nSPS) is 31.2. The summed E-state index contributed by atoms with van der Waals surface area (Å²) >= 11 is 0. The van der Waals surface area contributed by atoms with E-state index in [9.17, 15) is 9.59 Å². The molecule has 2 aliphatic rings. The van der Waals surface area contributed by atoms with Gasteiger partial charge in [-0.05, 0) is 25.7 Å². The second-order valence-electron chi connectivity index (χ2n) is 5.69. The molecule has 5 heteroatoms. The summed E-state index contributed by atoms with van der Waals surface area (Å²) in [5.74, 6) is 0.141. The summed E-state index contributed by atoms with van der Waals surface area (Å²) in [5, 5.41) is 2.82. The molecule has 2 saturated heterocycles. The highest BCUT2D eigenvalue weighted by Gasteiger charge is 2.40. The smallest absolute Gasteiger partial charge is 0.246 e. The van der Waals surface area contributed by atoms with Crippen molar-refractivity contribution < 1.29 is 14.3 Å². The number of hydrogen-bond donors (Lipinski definition) is 1. The van der Waals surface area contributed by atoms with E-state index in [1.54, 1.807) is 4.90 Å². The van der Waals surface area contributed by atoms with Crippen LogP contribution in [0.2, 0.25) is 0 Å². The quantitative estimate of drug-likeness (QED) is 0.825. The predicted molar refractivity (Wildman–Crippen MR) is 71.5 cm³/mol. The van der Waals surface area contributed by atoms with Crippen LogP contribution in [0.5, 0.6) is 0 Å². The highest BCUT2D eigenvalue weighted by molar-refractivity contribution is 5.95. The van der Waals surface area contributed by atoms with Gasteiger partial charge in [0.1, 0.15) is 6.04 Å². The number of ether oxygens (including phenoxy) is 1. The van der Waals surface area contributed by atoms with Crippen molar-refractivity contribution in [2.75, 3.05) is 13.2 Å². The van der Waals surface area contributed by atoms with Gasteiger partial charge in [-0.2, -0.15) is 0 Å². The highest BCUT2D eigenvalue weighted by Crippen LogP contribution is 2.23. The van der Waals surface area contributed by atoms with E-state index in [-0.39, 0.29) is 42.5 Å². The summed E-state index contributed by atoms with van der Waals surface area (Å²) in [6, 6.07) is -0.400. The third-order valence-corrected chi connectivity index (χ3v) is 4.39. The van der Waals surface area contributed by atoms with Crippen LogP contribution < -0.4 is 5.32 Å². The van der Waals surface area contributed by atoms with Gasteiger partial charge >= 0.3 is 0 Å². The zero-order chi connectivity index (χ0) is 14.0. The van der Waals surface area contributed by atoms with Crippen LogP contribution >= 0.6 is 0 Å². The Balaban J connectivity index is 2.10. The number of hydrogen-bond acceptors (Lipinski definition) is 3. The molecular formula is C14H24N2O3. The number of amides is 2. The summed E-state index contributed by atoms with van der Waals surface area (Å²) in [5.41, 5.74) is 0. The van der Waals surface area contributed by atoms with E-state index in [1.165, 1.54) is 0 Å². The molecule has 19 heavy (non-hydrogen) atoms. The van der Waals surface area contributed by atoms with Gasteiger partial charge in [-0.15, -0.1) is 0 Å². The van der Waals surface area contributed by atoms with E-state index in [1.807, 2.05) is 20.8 Å². The van der Waals surface area contributed by atoms with Crippen LogP contribution in [0.3, 0.4) is 0 Å². The minimum atomic E-state index is -0.380. The standard InChI is InChI=1S/C14H24N2O3/c1-4-9(2)13-14(18)16(8-12(17)15-13)10(3)11-6-5-7-19-11/h9-11,13H,4-8H2,1-3H3,(H,15,17). The van der Waals surface area contributed by atoms with Crippen LogP contribution in [0.1, 0.15) is 40.0 Å². The van der Waals surface area contributed by atoms with Gasteiger partial charge < -0.3 is 15.0 Å². The van der Waals surface area contributed by atoms with E-state index >= 15 is 0 Å². The van der Waals surface area contributed by atoms with E-state index in [0.717, 1.165) is 25.9 Å². The lowest BCUT2D eigenvalue weighted by atomic mass is 9.94. The fourth-order valence-electron chi connectivity index (χ4n) is 2.84. The summed E-state index contributed by atoms with van der Waals surface area (Å²) in [6.07, 6.45) is 2.96. The molecule has 1 N–H and O–H groups in total. The van der Waals surface area contributed by atoms with Gasteiger partial charge in [0.15, 0.2) is 0 Å². The Morgan fingerprint density at radius 1 is 1.42 bits per heavy atom. The van der Waals surface area contributed by atoms with Crippen LogP contribution in [0, 0.1) is 5.92 Å². The van der Waals surface area contributed by atoms with Gasteiger partial charge in [0.05, 0.1) is 18.7 Å². The summed E-state index contributed by atoms with van der Waals surface area (Å²) in [6.45, 7) is 6.95. The third kappa shape index (κ3) is 2.91. The van der Waals surface area contributed by atoms with Crippen LogP contribution in [0.25, 0.3) is 0 Å². The van der Waals surface area contributed by atoms with Crippen molar-refractivity contribution in [1.29, 1.82) is 0 Å². The number of rotatable bonds is 4. The largest absolute Gasteiger partial charge is 0.376 e. The molecule has 0 aromatic rings. The molecule has 2 rings (SSSR count). The Hall–Kier alpha value is -1.10. The molecule has 108 valence electrons. The Morgan fingerprint density at radius 3 is 2.74 bits per heavy atom. The lowest BCUT2D eigenvalue weighted by Gasteiger charge is -2.40. The van der Waals surface area contributed by atoms with Crippen molar-refractivity contribution in [2.24, 2.45) is 5.92 Å². The second kappa shape index (κ2) is 5.90. The fourth-order valence-corrected chi connectivity index (χ4v) is 2.84. The van der Waals surface area contributed by atoms with Gasteiger partial charge in [-0.25, -0.2) is 0 Å². The maximum Gasteiger partial charge on any atom is 0.246 e. The lowest BCUT2D eigenvalue weighted by Crippen LogP contribution is -2.63. The molecule has 4 unspecified atom stereocenters. The molecule has 0 aromatic carbocycles. The average molecular weight is 268 g/mol. The molecule has 2 fully saturated rings. The van der Waals surface area contributed by atoms with Crippen LogP contribution in [-0.4, -0.2) is 48.1 Å². The minimum absolute atomic E-state index is 0.0207. The Morgan fingerprint density at radius 2 is 2.16 bits per heavy atom. The first-order valence-electron chi connectivity index (χ1n) is 7.26. The van der Waals surface area contributed by atoms with E-state index in [2.05, 4.69) is 5.32 Å². The molecule has 5 nitrogen and oxygen atoms in total. The lowest BCUT2D eigenvalue weighted by molar-refractivity contribution is -0.150. The number of nitrogens with one attached hydrogen (secondary N) is 1. The molecule has 0 radical (unpaired) electrons. The molecule has 0 saturated carbocycles. The maximum absolute atomic E-state index is 12.5. The number of carbonyl (C=O) groups excluding carboxylic acids is 2. The number of carbonyl (C=O) groups is 2. The molecule has 0 aliphatic carbocycles. The molecule has 0 spiro atoms. The van der Waals surface area contributed by atoms with Crippen LogP contribution in [-0.2, 0) is 14.3 Å². The molecule has 2 amide bonds. The number of nitrogens with zero attached hydrogens (tertiary/aromatic N) is 1. The predicted octanol–water partition coefficient (Wildman–Crippen LogP) is 0.927.